The zero-order valence-electron chi connectivity index (χ0n) is 72.4. The number of nitrogens with zero attached hydrogens (tertiary/aromatic N) is 14. The molecule has 17 rings (SSSR count). The van der Waals surface area contributed by atoms with Crippen LogP contribution in [0.3, 0.4) is 0 Å². The molecule has 24 nitrogen and oxygen atoms in total. The van der Waals surface area contributed by atoms with Gasteiger partial charge in [-0.2, -0.15) is 36.5 Å². The Morgan fingerprint density at radius 1 is 0.183 bits per heavy atom. The number of ether oxygens (including phenoxy) is 8. The molecule has 0 saturated heterocycles. The summed E-state index contributed by atoms with van der Waals surface area (Å²) in [5, 5.41) is 2.39. The van der Waals surface area contributed by atoms with E-state index in [0.29, 0.717) is 158 Å². The molecular weight excluding hydrogens is 1510 g/mol. The third-order valence-corrected chi connectivity index (χ3v) is 24.8. The number of hydrogen-bond donors (Lipinski definition) is 2. The second kappa shape index (κ2) is 30.1. The molecule has 8 bridgehead atoms. The Kier molecular flexibility index (Phi) is 19.6. The first-order valence-electron chi connectivity index (χ1n) is 40.0. The summed E-state index contributed by atoms with van der Waals surface area (Å²) in [4.78, 5) is 41.5. The van der Waals surface area contributed by atoms with E-state index in [1.807, 2.05) is 257 Å². The SMILES string of the molecule is Cc1ccc(Oc2cc3c(cc2Oc2ccc(C)[n+](C)c2C)-c2nc-3nc3[nH]c(nc4nc(nc5[nH]c(n2)c2cc(Oc6ccc(C)[n+](C)c6C)c(Oc6ccc(C)[n+](C)c6C)cc52)-c2cc(Oc5ccc(C)[n+](C)c5C)c(Oc5ccc(C)[n+](C)c5C)cc2-4)c2cc(Oc4ccc(C)[n+](C)c4C)c(Oc4ccc(C)[n+](C)c4C)cc32)c(C)[n+]1C. The number of pyridine rings is 8. The highest BCUT2D eigenvalue weighted by molar-refractivity contribution is 6.08. The Hall–Kier alpha value is -14.2. The lowest BCUT2D eigenvalue weighted by Crippen LogP contribution is -2.35. The van der Waals surface area contributed by atoms with Gasteiger partial charge in [-0.3, -0.25) is 0 Å². The predicted molar refractivity (Wildman–Crippen MR) is 453 cm³/mol. The van der Waals surface area contributed by atoms with E-state index in [4.69, 9.17) is 67.8 Å². The number of benzene rings is 4. The number of aromatic nitrogens is 16. The van der Waals surface area contributed by atoms with Gasteiger partial charge >= 0.3 is 0 Å². The number of aromatic amines is 2. The predicted octanol–water partition coefficient (Wildman–Crippen LogP) is 16.7. The Bertz CT molecular complexity index is 6300. The Labute approximate surface area is 696 Å². The van der Waals surface area contributed by atoms with Crippen molar-refractivity contribution in [2.45, 2.75) is 111 Å². The third-order valence-electron chi connectivity index (χ3n) is 24.8. The zero-order chi connectivity index (χ0) is 84.6. The number of hydrogen-bond acceptors (Lipinski definition) is 14. The smallest absolute Gasteiger partial charge is 0.221 e. The van der Waals surface area contributed by atoms with Gasteiger partial charge in [0.25, 0.3) is 0 Å². The van der Waals surface area contributed by atoms with E-state index in [1.165, 1.54) is 0 Å². The van der Waals surface area contributed by atoms with Gasteiger partial charge in [0.2, 0.25) is 45.6 Å². The minimum Gasteiger partial charge on any atom is -0.447 e. The van der Waals surface area contributed by atoms with Crippen LogP contribution in [0, 0.1) is 111 Å². The van der Waals surface area contributed by atoms with Gasteiger partial charge in [0, 0.05) is 203 Å². The lowest BCUT2D eigenvalue weighted by atomic mass is 10.1. The second-order valence-corrected chi connectivity index (χ2v) is 31.7. The molecule has 120 heavy (non-hydrogen) atoms. The van der Waals surface area contributed by atoms with Gasteiger partial charge in [-0.25, -0.2) is 29.9 Å². The molecule has 0 unspecified atom stereocenters. The molecule has 0 amide bonds. The zero-order valence-corrected chi connectivity index (χ0v) is 72.4. The van der Waals surface area contributed by atoms with Crippen LogP contribution < -0.4 is 74.4 Å². The molecule has 2 N–H and O–H groups in total. The first-order chi connectivity index (χ1) is 57.3. The molecule has 13 heterocycles. The number of H-pyrrole nitrogens is 2. The summed E-state index contributed by atoms with van der Waals surface area (Å²) in [5.74, 6) is 9.08. The summed E-state index contributed by atoms with van der Waals surface area (Å²) in [7, 11) is 16.2. The van der Waals surface area contributed by atoms with Gasteiger partial charge in [0.1, 0.15) is 79.0 Å². The average Bonchev–Trinajstić information content (AvgIpc) is 1.58. The van der Waals surface area contributed by atoms with Crippen molar-refractivity contribution < 1.29 is 74.4 Å². The third kappa shape index (κ3) is 13.8. The molecule has 11 aromatic heterocycles. The van der Waals surface area contributed by atoms with Crippen molar-refractivity contribution in [3.63, 3.8) is 0 Å². The topological polar surface area (TPSA) is 214 Å². The largest absolute Gasteiger partial charge is 0.447 e. The Balaban J connectivity index is 1.03. The van der Waals surface area contributed by atoms with Gasteiger partial charge in [0.05, 0.1) is 0 Å². The quantitative estimate of drug-likeness (QED) is 0.0862. The standard InChI is InChI=1S/C96H98N16O8/c1-49-25-33-73(57(9)105(49)17)113-81-41-65-66(42-82(81)114-74-34-26-50(2)106(18)58(74)10)90-97-89(65)101-91-67-43-83(115-75-35-27-51(3)107(19)59(75)11)84(116-76-36-28-52(4)108(20)60(76)12)44-68(67)93(98-91)103-95-71-47-87(119-79-39-31-55(7)111(23)63(79)15)88(120-80-40-32-56(8)112(24)64(80)16)48-72(71)96(100-95)104-94-70-46-86(118-78-38-30-54(6)110(22)62(78)14)85(45-69(70)92(99-94)102-90)117-77-37-29-53(5)109(21)61(77)13/h25-48H,1-24H3,(H2,97,98,99,100,101,102,103,104)/q+8. The van der Waals surface area contributed by atoms with Crippen LogP contribution >= 0.6 is 0 Å². The molecule has 24 heteroatoms. The van der Waals surface area contributed by atoms with Crippen LogP contribution in [-0.4, -0.2) is 39.9 Å². The van der Waals surface area contributed by atoms with Gasteiger partial charge in [-0.15, -0.1) is 0 Å². The molecular formula is C96H98N16O8+8. The molecule has 0 radical (unpaired) electrons. The lowest BCUT2D eigenvalue weighted by molar-refractivity contribution is -0.684. The van der Waals surface area contributed by atoms with Gasteiger partial charge in [-0.1, -0.05) is 0 Å². The van der Waals surface area contributed by atoms with Gasteiger partial charge in [0.15, 0.2) is 161 Å². The average molecular weight is 1600 g/mol. The summed E-state index contributed by atoms with van der Waals surface area (Å²) in [6, 6.07) is 47.6. The van der Waals surface area contributed by atoms with E-state index < -0.39 is 0 Å². The second-order valence-electron chi connectivity index (χ2n) is 31.7. The molecule has 2 aliphatic heterocycles. The maximum Gasteiger partial charge on any atom is 0.221 e. The fourth-order valence-electron chi connectivity index (χ4n) is 15.1. The fourth-order valence-corrected chi connectivity index (χ4v) is 15.1. The van der Waals surface area contributed by atoms with Crippen LogP contribution in [0.4, 0.5) is 0 Å². The minimum atomic E-state index is 0.272. The summed E-state index contributed by atoms with van der Waals surface area (Å²) >= 11 is 0. The number of nitrogens with one attached hydrogen (secondary N) is 2. The lowest BCUT2D eigenvalue weighted by Gasteiger charge is -2.15. The van der Waals surface area contributed by atoms with Crippen molar-refractivity contribution in [2.24, 2.45) is 56.4 Å². The van der Waals surface area contributed by atoms with Crippen LogP contribution in [-0.2, 0) is 56.4 Å². The van der Waals surface area contributed by atoms with Gasteiger partial charge in [-0.05, 0) is 97.1 Å². The molecule has 0 fully saturated rings. The van der Waals surface area contributed by atoms with E-state index in [-0.39, 0.29) is 23.3 Å². The van der Waals surface area contributed by atoms with Gasteiger partial charge < -0.3 is 47.9 Å². The highest BCUT2D eigenvalue weighted by Crippen LogP contribution is 2.51. The monoisotopic (exact) mass is 1600 g/mol. The van der Waals surface area contributed by atoms with E-state index >= 15 is 0 Å². The molecule has 602 valence electrons. The first-order valence-corrected chi connectivity index (χ1v) is 40.0. The summed E-state index contributed by atoms with van der Waals surface area (Å²) < 4.78 is 74.3. The van der Waals surface area contributed by atoms with Crippen LogP contribution in [0.1, 0.15) is 91.1 Å². The van der Waals surface area contributed by atoms with Crippen LogP contribution in [0.25, 0.3) is 89.7 Å². The van der Waals surface area contributed by atoms with Crippen LogP contribution in [0.2, 0.25) is 0 Å². The first kappa shape index (κ1) is 78.4. The highest BCUT2D eigenvalue weighted by Gasteiger charge is 2.33. The number of aryl methyl sites for hydroxylation is 8. The van der Waals surface area contributed by atoms with Crippen molar-refractivity contribution >= 4 is 44.1 Å². The number of fused-ring (bicyclic) bond motifs is 20. The maximum absolute atomic E-state index is 7.19. The Morgan fingerprint density at radius 2 is 0.325 bits per heavy atom. The van der Waals surface area contributed by atoms with E-state index in [0.717, 1.165) is 91.1 Å². The molecule has 4 aromatic carbocycles. The van der Waals surface area contributed by atoms with Crippen molar-refractivity contribution in [1.82, 2.24) is 39.9 Å². The molecule has 2 aliphatic rings. The highest BCUT2D eigenvalue weighted by atomic mass is 16.5. The maximum atomic E-state index is 7.19. The van der Waals surface area contributed by atoms with Crippen molar-refractivity contribution in [1.29, 1.82) is 0 Å². The molecule has 0 aliphatic carbocycles. The molecule has 0 atom stereocenters. The van der Waals surface area contributed by atoms with Crippen molar-refractivity contribution in [3.05, 3.63) is 237 Å². The minimum absolute atomic E-state index is 0.272. The molecule has 0 saturated carbocycles. The summed E-state index contributed by atoms with van der Waals surface area (Å²) in [5.41, 5.74) is 19.2. The summed E-state index contributed by atoms with van der Waals surface area (Å²) in [6.07, 6.45) is 0. The van der Waals surface area contributed by atoms with E-state index in [2.05, 4.69) is 102 Å². The molecule has 15 aromatic rings. The summed E-state index contributed by atoms with van der Waals surface area (Å²) in [6.45, 7) is 32.8. The van der Waals surface area contributed by atoms with Crippen LogP contribution in [0.5, 0.6) is 92.0 Å². The van der Waals surface area contributed by atoms with E-state index in [9.17, 15) is 0 Å². The van der Waals surface area contributed by atoms with Crippen molar-refractivity contribution in [2.75, 3.05) is 0 Å². The fraction of sp³-hybridized carbons (Fsp3) is 0.250. The Morgan fingerprint density at radius 3 is 0.475 bits per heavy atom. The van der Waals surface area contributed by atoms with Crippen LogP contribution in [0.15, 0.2) is 146 Å². The normalized spacial score (nSPS) is 11.7. The van der Waals surface area contributed by atoms with E-state index in [1.54, 1.807) is 0 Å². The number of rotatable bonds is 16. The molecule has 0 spiro atoms. The van der Waals surface area contributed by atoms with Crippen molar-refractivity contribution in [3.8, 4) is 138 Å².